The van der Waals surface area contributed by atoms with Crippen molar-refractivity contribution >= 4 is 27.7 Å². The third kappa shape index (κ3) is 3.38. The Hall–Kier alpha value is -1.20. The molecule has 4 nitrogen and oxygen atoms in total. The second-order valence-corrected chi connectivity index (χ2v) is 4.93. The van der Waals surface area contributed by atoms with E-state index in [9.17, 15) is 9.59 Å². The molecule has 0 radical (unpaired) electrons. The lowest BCUT2D eigenvalue weighted by Crippen LogP contribution is -2.50. The van der Waals surface area contributed by atoms with E-state index in [2.05, 4.69) is 26.6 Å². The zero-order valence-corrected chi connectivity index (χ0v) is 10.8. The summed E-state index contributed by atoms with van der Waals surface area (Å²) in [6, 6.07) is 7.62. The molecule has 0 aliphatic carbocycles. The molecule has 90 valence electrons. The van der Waals surface area contributed by atoms with Crippen LogP contribution in [0.2, 0.25) is 0 Å². The summed E-state index contributed by atoms with van der Waals surface area (Å²) in [5.74, 6) is -0.410. The SMILES string of the molecule is O=C1CCC(NCc2cccc(Br)c2)C(=O)N1. The van der Waals surface area contributed by atoms with Gasteiger partial charge in [-0.15, -0.1) is 0 Å². The maximum absolute atomic E-state index is 11.5. The third-order valence-corrected chi connectivity index (χ3v) is 3.17. The van der Waals surface area contributed by atoms with Crippen molar-refractivity contribution in [2.75, 3.05) is 0 Å². The van der Waals surface area contributed by atoms with Gasteiger partial charge in [0.2, 0.25) is 11.8 Å². The molecule has 0 saturated carbocycles. The average molecular weight is 297 g/mol. The maximum Gasteiger partial charge on any atom is 0.243 e. The summed E-state index contributed by atoms with van der Waals surface area (Å²) in [5, 5.41) is 5.48. The Balaban J connectivity index is 1.90. The first-order valence-electron chi connectivity index (χ1n) is 5.46. The van der Waals surface area contributed by atoms with Gasteiger partial charge in [-0.05, 0) is 24.1 Å². The first kappa shape index (κ1) is 12.3. The van der Waals surface area contributed by atoms with E-state index in [0.717, 1.165) is 10.0 Å². The van der Waals surface area contributed by atoms with Crippen molar-refractivity contribution in [3.8, 4) is 0 Å². The summed E-state index contributed by atoms with van der Waals surface area (Å²) in [4.78, 5) is 22.5. The Kier molecular flexibility index (Phi) is 3.91. The van der Waals surface area contributed by atoms with Crippen LogP contribution in [0.25, 0.3) is 0 Å². The number of rotatable bonds is 3. The molecule has 1 fully saturated rings. The molecule has 1 aromatic rings. The van der Waals surface area contributed by atoms with Crippen LogP contribution in [-0.4, -0.2) is 17.9 Å². The molecule has 1 aromatic carbocycles. The molecule has 0 bridgehead atoms. The Bertz CT molecular complexity index is 448. The van der Waals surface area contributed by atoms with E-state index in [0.29, 0.717) is 19.4 Å². The number of piperidine rings is 1. The van der Waals surface area contributed by atoms with E-state index < -0.39 is 0 Å². The number of carbonyl (C=O) groups excluding carboxylic acids is 2. The molecule has 1 aliphatic heterocycles. The minimum atomic E-state index is -0.272. The summed E-state index contributed by atoms with van der Waals surface area (Å²) in [6.07, 6.45) is 0.973. The van der Waals surface area contributed by atoms with Crippen LogP contribution in [0, 0.1) is 0 Å². The van der Waals surface area contributed by atoms with Gasteiger partial charge in [0, 0.05) is 17.4 Å². The van der Waals surface area contributed by atoms with Gasteiger partial charge in [0.05, 0.1) is 6.04 Å². The number of amides is 2. The molecule has 1 heterocycles. The van der Waals surface area contributed by atoms with Crippen molar-refractivity contribution in [2.24, 2.45) is 0 Å². The molecular formula is C12H13BrN2O2. The van der Waals surface area contributed by atoms with E-state index in [4.69, 9.17) is 0 Å². The molecule has 1 aliphatic rings. The quantitative estimate of drug-likeness (QED) is 0.828. The summed E-state index contributed by atoms with van der Waals surface area (Å²) < 4.78 is 1.01. The van der Waals surface area contributed by atoms with Crippen LogP contribution in [0.1, 0.15) is 18.4 Å². The Morgan fingerprint density at radius 2 is 2.24 bits per heavy atom. The summed E-state index contributed by atoms with van der Waals surface area (Å²) in [5.41, 5.74) is 1.10. The van der Waals surface area contributed by atoms with Crippen molar-refractivity contribution in [3.63, 3.8) is 0 Å². The van der Waals surface area contributed by atoms with E-state index in [-0.39, 0.29) is 17.9 Å². The number of halogens is 1. The third-order valence-electron chi connectivity index (χ3n) is 2.68. The fourth-order valence-electron chi connectivity index (χ4n) is 1.78. The molecule has 0 aromatic heterocycles. The van der Waals surface area contributed by atoms with Gasteiger partial charge in [-0.1, -0.05) is 28.1 Å². The van der Waals surface area contributed by atoms with Gasteiger partial charge < -0.3 is 5.32 Å². The molecule has 17 heavy (non-hydrogen) atoms. The molecule has 2 rings (SSSR count). The topological polar surface area (TPSA) is 58.2 Å². The first-order chi connectivity index (χ1) is 8.15. The first-order valence-corrected chi connectivity index (χ1v) is 6.26. The standard InChI is InChI=1S/C12H13BrN2O2/c13-9-3-1-2-8(6-9)7-14-10-4-5-11(16)15-12(10)17/h1-3,6,10,14H,4-5,7H2,(H,15,16,17). The fourth-order valence-corrected chi connectivity index (χ4v) is 2.22. The smallest absolute Gasteiger partial charge is 0.243 e. The number of carbonyl (C=O) groups is 2. The monoisotopic (exact) mass is 296 g/mol. The van der Waals surface area contributed by atoms with E-state index in [1.54, 1.807) is 0 Å². The minimum absolute atomic E-state index is 0.185. The Morgan fingerprint density at radius 3 is 2.94 bits per heavy atom. The molecule has 2 N–H and O–H groups in total. The van der Waals surface area contributed by atoms with Crippen molar-refractivity contribution in [1.82, 2.24) is 10.6 Å². The van der Waals surface area contributed by atoms with Gasteiger partial charge in [0.1, 0.15) is 0 Å². The lowest BCUT2D eigenvalue weighted by Gasteiger charge is -2.21. The van der Waals surface area contributed by atoms with Crippen LogP contribution in [0.3, 0.4) is 0 Å². The van der Waals surface area contributed by atoms with Gasteiger partial charge in [0.15, 0.2) is 0 Å². The zero-order valence-electron chi connectivity index (χ0n) is 9.20. The fraction of sp³-hybridized carbons (Fsp3) is 0.333. The lowest BCUT2D eigenvalue weighted by atomic mass is 10.1. The van der Waals surface area contributed by atoms with Crippen molar-refractivity contribution in [1.29, 1.82) is 0 Å². The maximum atomic E-state index is 11.5. The van der Waals surface area contributed by atoms with Gasteiger partial charge in [-0.2, -0.15) is 0 Å². The average Bonchev–Trinajstić information content (AvgIpc) is 2.28. The van der Waals surface area contributed by atoms with Crippen LogP contribution in [-0.2, 0) is 16.1 Å². The van der Waals surface area contributed by atoms with Crippen molar-refractivity contribution in [2.45, 2.75) is 25.4 Å². The lowest BCUT2D eigenvalue weighted by molar-refractivity contribution is -0.134. The summed E-state index contributed by atoms with van der Waals surface area (Å²) in [6.45, 7) is 0.617. The highest BCUT2D eigenvalue weighted by Crippen LogP contribution is 2.12. The normalized spacial score (nSPS) is 20.2. The highest BCUT2D eigenvalue weighted by atomic mass is 79.9. The van der Waals surface area contributed by atoms with Crippen LogP contribution in [0.4, 0.5) is 0 Å². The van der Waals surface area contributed by atoms with Crippen molar-refractivity contribution < 1.29 is 9.59 Å². The molecular weight excluding hydrogens is 284 g/mol. The highest BCUT2D eigenvalue weighted by Gasteiger charge is 2.25. The van der Waals surface area contributed by atoms with Crippen LogP contribution < -0.4 is 10.6 Å². The van der Waals surface area contributed by atoms with Gasteiger partial charge in [-0.25, -0.2) is 0 Å². The number of hydrogen-bond donors (Lipinski definition) is 2. The van der Waals surface area contributed by atoms with Crippen LogP contribution in [0.5, 0.6) is 0 Å². The number of imide groups is 1. The van der Waals surface area contributed by atoms with E-state index in [1.807, 2.05) is 24.3 Å². The summed E-state index contributed by atoms with van der Waals surface area (Å²) in [7, 11) is 0. The molecule has 5 heteroatoms. The second-order valence-electron chi connectivity index (χ2n) is 4.01. The Morgan fingerprint density at radius 1 is 1.41 bits per heavy atom. The van der Waals surface area contributed by atoms with E-state index in [1.165, 1.54) is 0 Å². The van der Waals surface area contributed by atoms with Crippen LogP contribution >= 0.6 is 15.9 Å². The largest absolute Gasteiger partial charge is 0.302 e. The molecule has 1 atom stereocenters. The second kappa shape index (κ2) is 5.42. The highest BCUT2D eigenvalue weighted by molar-refractivity contribution is 9.10. The predicted octanol–water partition coefficient (Wildman–Crippen LogP) is 1.34. The molecule has 1 unspecified atom stereocenters. The molecule has 2 amide bonds. The van der Waals surface area contributed by atoms with Gasteiger partial charge in [-0.3, -0.25) is 14.9 Å². The van der Waals surface area contributed by atoms with Gasteiger partial charge >= 0.3 is 0 Å². The number of nitrogens with one attached hydrogen (secondary N) is 2. The van der Waals surface area contributed by atoms with E-state index >= 15 is 0 Å². The molecule has 0 spiro atoms. The number of benzene rings is 1. The summed E-state index contributed by atoms with van der Waals surface area (Å²) >= 11 is 3.40. The van der Waals surface area contributed by atoms with Crippen LogP contribution in [0.15, 0.2) is 28.7 Å². The number of hydrogen-bond acceptors (Lipinski definition) is 3. The predicted molar refractivity (Wildman–Crippen MR) is 67.2 cm³/mol. The Labute approximate surface area is 108 Å². The molecule has 1 saturated heterocycles. The minimum Gasteiger partial charge on any atom is -0.302 e. The van der Waals surface area contributed by atoms with Crippen molar-refractivity contribution in [3.05, 3.63) is 34.3 Å². The zero-order chi connectivity index (χ0) is 12.3. The van der Waals surface area contributed by atoms with Gasteiger partial charge in [0.25, 0.3) is 0 Å².